The maximum atomic E-state index is 5.85. The highest BCUT2D eigenvalue weighted by atomic mass is 35.5. The molecule has 0 spiro atoms. The first kappa shape index (κ1) is 15.2. The molecular weight excluding hydrogens is 208 g/mol. The Balaban J connectivity index is 3.38. The van der Waals surface area contributed by atoms with Crippen molar-refractivity contribution >= 4 is 11.6 Å². The summed E-state index contributed by atoms with van der Waals surface area (Å²) in [7, 11) is 0. The first-order valence-electron chi connectivity index (χ1n) is 6.32. The fourth-order valence-electron chi connectivity index (χ4n) is 1.56. The summed E-state index contributed by atoms with van der Waals surface area (Å²) >= 11 is 5.63. The van der Waals surface area contributed by atoms with Crippen LogP contribution in [0.15, 0.2) is 0 Å². The predicted octanol–water partition coefficient (Wildman–Crippen LogP) is 4.77. The van der Waals surface area contributed by atoms with Crippen LogP contribution in [0.3, 0.4) is 0 Å². The third-order valence-corrected chi connectivity index (χ3v) is 2.92. The van der Waals surface area contributed by atoms with Crippen LogP contribution in [-0.2, 0) is 4.74 Å². The van der Waals surface area contributed by atoms with Crippen molar-refractivity contribution in [3.63, 3.8) is 0 Å². The zero-order chi connectivity index (χ0) is 11.6. The van der Waals surface area contributed by atoms with Crippen LogP contribution in [-0.4, -0.2) is 18.1 Å². The Bertz CT molecular complexity index is 134. The second-order valence-electron chi connectivity index (χ2n) is 4.81. The Morgan fingerprint density at radius 2 is 1.67 bits per heavy atom. The highest BCUT2D eigenvalue weighted by molar-refractivity contribution is 6.17. The van der Waals surface area contributed by atoms with E-state index >= 15 is 0 Å². The molecule has 0 amide bonds. The van der Waals surface area contributed by atoms with Gasteiger partial charge in [-0.2, -0.15) is 0 Å². The molecule has 0 saturated heterocycles. The topological polar surface area (TPSA) is 9.23 Å². The van der Waals surface area contributed by atoms with Crippen molar-refractivity contribution in [2.45, 2.75) is 71.3 Å². The molecule has 0 atom stereocenters. The van der Waals surface area contributed by atoms with E-state index in [1.807, 2.05) is 0 Å². The number of hydrogen-bond acceptors (Lipinski definition) is 1. The summed E-state index contributed by atoms with van der Waals surface area (Å²) in [6.07, 6.45) is 8.51. The van der Waals surface area contributed by atoms with E-state index in [4.69, 9.17) is 16.3 Å². The minimum atomic E-state index is 0.0656. The third-order valence-electron chi connectivity index (χ3n) is 2.65. The molecule has 0 aromatic heterocycles. The average molecular weight is 235 g/mol. The summed E-state index contributed by atoms with van der Waals surface area (Å²) in [5.41, 5.74) is 0.0656. The van der Waals surface area contributed by atoms with Crippen LogP contribution in [0.1, 0.15) is 65.7 Å². The van der Waals surface area contributed by atoms with E-state index in [0.717, 1.165) is 18.9 Å². The molecule has 0 N–H and O–H groups in total. The van der Waals surface area contributed by atoms with Gasteiger partial charge in [-0.1, -0.05) is 32.6 Å². The molecular formula is C13H27ClO. The minimum Gasteiger partial charge on any atom is -0.376 e. The van der Waals surface area contributed by atoms with E-state index in [1.165, 1.54) is 38.5 Å². The summed E-state index contributed by atoms with van der Waals surface area (Å²) in [4.78, 5) is 0. The van der Waals surface area contributed by atoms with Crippen LogP contribution in [0.4, 0.5) is 0 Å². The normalized spacial score (nSPS) is 12.0. The number of hydrogen-bond donors (Lipinski definition) is 0. The maximum Gasteiger partial charge on any atom is 0.0626 e. The molecule has 0 heterocycles. The van der Waals surface area contributed by atoms with Gasteiger partial charge in [0.25, 0.3) is 0 Å². The Morgan fingerprint density at radius 3 is 2.27 bits per heavy atom. The van der Waals surface area contributed by atoms with Gasteiger partial charge in [0.2, 0.25) is 0 Å². The van der Waals surface area contributed by atoms with Crippen LogP contribution < -0.4 is 0 Å². The van der Waals surface area contributed by atoms with Crippen molar-refractivity contribution < 1.29 is 4.74 Å². The van der Waals surface area contributed by atoms with E-state index in [9.17, 15) is 0 Å². The van der Waals surface area contributed by atoms with Crippen molar-refractivity contribution in [3.8, 4) is 0 Å². The maximum absolute atomic E-state index is 5.85. The second-order valence-corrected chi connectivity index (χ2v) is 5.19. The summed E-state index contributed by atoms with van der Waals surface area (Å²) in [6, 6.07) is 0. The van der Waals surface area contributed by atoms with E-state index < -0.39 is 0 Å². The van der Waals surface area contributed by atoms with Crippen molar-refractivity contribution in [2.75, 3.05) is 12.5 Å². The standard InChI is InChI=1S/C13H27ClO/c1-4-5-12-15-13(2,3)10-8-6-7-9-11-14/h4-12H2,1-3H3. The fourth-order valence-corrected chi connectivity index (χ4v) is 1.75. The summed E-state index contributed by atoms with van der Waals surface area (Å²) < 4.78 is 5.85. The van der Waals surface area contributed by atoms with Gasteiger partial charge in [0, 0.05) is 12.5 Å². The van der Waals surface area contributed by atoms with Crippen LogP contribution in [0.25, 0.3) is 0 Å². The van der Waals surface area contributed by atoms with Gasteiger partial charge in [0.05, 0.1) is 5.60 Å². The number of rotatable bonds is 10. The number of alkyl halides is 1. The van der Waals surface area contributed by atoms with E-state index in [2.05, 4.69) is 20.8 Å². The highest BCUT2D eigenvalue weighted by Gasteiger charge is 2.16. The van der Waals surface area contributed by atoms with Gasteiger partial charge in [-0.15, -0.1) is 11.6 Å². The molecule has 1 nitrogen and oxygen atoms in total. The van der Waals surface area contributed by atoms with Crippen molar-refractivity contribution in [1.29, 1.82) is 0 Å². The summed E-state index contributed by atoms with van der Waals surface area (Å²) in [5.74, 6) is 0.802. The smallest absolute Gasteiger partial charge is 0.0626 e. The lowest BCUT2D eigenvalue weighted by Crippen LogP contribution is -2.24. The molecule has 0 rings (SSSR count). The van der Waals surface area contributed by atoms with Crippen LogP contribution in [0.5, 0.6) is 0 Å². The fraction of sp³-hybridized carbons (Fsp3) is 1.00. The van der Waals surface area contributed by atoms with Gasteiger partial charge in [0.15, 0.2) is 0 Å². The molecule has 0 unspecified atom stereocenters. The van der Waals surface area contributed by atoms with E-state index in [0.29, 0.717) is 0 Å². The average Bonchev–Trinajstić information content (AvgIpc) is 2.17. The van der Waals surface area contributed by atoms with Gasteiger partial charge in [-0.25, -0.2) is 0 Å². The first-order valence-corrected chi connectivity index (χ1v) is 6.86. The monoisotopic (exact) mass is 234 g/mol. The molecule has 0 radical (unpaired) electrons. The molecule has 0 aliphatic heterocycles. The molecule has 0 aromatic carbocycles. The van der Waals surface area contributed by atoms with Crippen molar-refractivity contribution in [2.24, 2.45) is 0 Å². The molecule has 2 heteroatoms. The molecule has 0 bridgehead atoms. The highest BCUT2D eigenvalue weighted by Crippen LogP contribution is 2.19. The van der Waals surface area contributed by atoms with Crippen LogP contribution in [0, 0.1) is 0 Å². The Labute approximate surface area is 101 Å². The van der Waals surface area contributed by atoms with Crippen LogP contribution >= 0.6 is 11.6 Å². The lowest BCUT2D eigenvalue weighted by molar-refractivity contribution is -0.0261. The van der Waals surface area contributed by atoms with Gasteiger partial charge < -0.3 is 4.74 Å². The van der Waals surface area contributed by atoms with E-state index in [-0.39, 0.29) is 5.60 Å². The lowest BCUT2D eigenvalue weighted by atomic mass is 10.00. The van der Waals surface area contributed by atoms with Gasteiger partial charge in [0.1, 0.15) is 0 Å². The quantitative estimate of drug-likeness (QED) is 0.391. The van der Waals surface area contributed by atoms with Gasteiger partial charge in [-0.05, 0) is 33.1 Å². The van der Waals surface area contributed by atoms with Gasteiger partial charge in [-0.3, -0.25) is 0 Å². The third kappa shape index (κ3) is 10.5. The largest absolute Gasteiger partial charge is 0.376 e. The Hall–Kier alpha value is 0.250. The predicted molar refractivity (Wildman–Crippen MR) is 68.7 cm³/mol. The van der Waals surface area contributed by atoms with Gasteiger partial charge >= 0.3 is 0 Å². The number of ether oxygens (including phenoxy) is 1. The minimum absolute atomic E-state index is 0.0656. The Kier molecular flexibility index (Phi) is 9.63. The van der Waals surface area contributed by atoms with Crippen molar-refractivity contribution in [1.82, 2.24) is 0 Å². The van der Waals surface area contributed by atoms with Crippen molar-refractivity contribution in [3.05, 3.63) is 0 Å². The van der Waals surface area contributed by atoms with Crippen LogP contribution in [0.2, 0.25) is 0 Å². The first-order chi connectivity index (χ1) is 7.12. The molecule has 0 aliphatic carbocycles. The summed E-state index contributed by atoms with van der Waals surface area (Å²) in [6.45, 7) is 7.50. The number of unbranched alkanes of at least 4 members (excludes halogenated alkanes) is 4. The molecule has 0 aliphatic rings. The molecule has 0 saturated carbocycles. The molecule has 0 aromatic rings. The molecule has 92 valence electrons. The zero-order valence-electron chi connectivity index (χ0n) is 10.7. The molecule has 0 fully saturated rings. The Morgan fingerprint density at radius 1 is 1.00 bits per heavy atom. The lowest BCUT2D eigenvalue weighted by Gasteiger charge is -2.25. The zero-order valence-corrected chi connectivity index (χ0v) is 11.4. The summed E-state index contributed by atoms with van der Waals surface area (Å²) in [5, 5.41) is 0. The number of halogens is 1. The van der Waals surface area contributed by atoms with E-state index in [1.54, 1.807) is 0 Å². The SMILES string of the molecule is CCCCOC(C)(C)CCCCCCCl. The second kappa shape index (κ2) is 9.47. The molecule has 15 heavy (non-hydrogen) atoms.